The summed E-state index contributed by atoms with van der Waals surface area (Å²) in [5, 5.41) is 0. The van der Waals surface area contributed by atoms with Gasteiger partial charge in [0.1, 0.15) is 19.6 Å². The van der Waals surface area contributed by atoms with Crippen LogP contribution in [0.25, 0.3) is 0 Å². The largest absolute Gasteiger partial charge is 0.673 e. The summed E-state index contributed by atoms with van der Waals surface area (Å²) in [5.41, 5.74) is 0. The second kappa shape index (κ2) is 10.9. The molecule has 5 nitrogen and oxygen atoms in total. The summed E-state index contributed by atoms with van der Waals surface area (Å²) in [6.07, 6.45) is 2.64. The van der Waals surface area contributed by atoms with Crippen molar-refractivity contribution in [3.05, 3.63) is 0 Å². The Morgan fingerprint density at radius 2 is 0.963 bits per heavy atom. The molecule has 0 unspecified atom stereocenters. The fourth-order valence-corrected chi connectivity index (χ4v) is 3.21. The predicted molar refractivity (Wildman–Crippen MR) is 83.8 cm³/mol. The lowest BCUT2D eigenvalue weighted by Crippen LogP contribution is -2.70. The molecule has 0 amide bonds. The minimum absolute atomic E-state index is 0.198. The summed E-state index contributed by atoms with van der Waals surface area (Å²) in [5.74, 6) is 0. The molecule has 27 heavy (non-hydrogen) atoms. The van der Waals surface area contributed by atoms with Gasteiger partial charge in [-0.2, -0.15) is 0 Å². The Morgan fingerprint density at radius 1 is 0.741 bits per heavy atom. The summed E-state index contributed by atoms with van der Waals surface area (Å²) in [7, 11) is -16.1. The van der Waals surface area contributed by atoms with E-state index in [2.05, 4.69) is 13.8 Å². The number of unbranched alkanes of at least 4 members (excludes halogenated alkanes) is 1. The Kier molecular flexibility index (Phi) is 11.7. The molecule has 0 spiro atoms. The molecule has 0 aromatic rings. The highest BCUT2D eigenvalue weighted by atomic mass is 31.2. The number of quaternary nitrogens is 2. The van der Waals surface area contributed by atoms with Gasteiger partial charge in [0.15, 0.2) is 19.6 Å². The van der Waals surface area contributed by atoms with Crippen LogP contribution < -0.4 is 0 Å². The normalized spacial score (nSPS) is 27.3. The zero-order chi connectivity index (χ0) is 22.2. The predicted octanol–water partition coefficient (Wildman–Crippen LogP) is 4.03. The van der Waals surface area contributed by atoms with Gasteiger partial charge in [0, 0.05) is 0 Å². The zero-order valence-electron chi connectivity index (χ0n) is 14.9. The van der Waals surface area contributed by atoms with Gasteiger partial charge in [0.05, 0.1) is 0 Å². The highest BCUT2D eigenvalue weighted by Gasteiger charge is 2.59. The number of hydrogen-bond acceptors (Lipinski definition) is 1. The van der Waals surface area contributed by atoms with Crippen LogP contribution >= 0.6 is 7.75 Å². The zero-order valence-corrected chi connectivity index (χ0v) is 15.8. The van der Waals surface area contributed by atoms with Gasteiger partial charge in [-0.1, -0.05) is 26.7 Å². The molecule has 3 aliphatic rings. The number of piperazine rings is 3. The van der Waals surface area contributed by atoms with Crippen LogP contribution in [-0.2, 0) is 4.57 Å². The first-order valence-corrected chi connectivity index (χ1v) is 9.57. The molecule has 3 heterocycles. The molecule has 166 valence electrons. The first-order chi connectivity index (χ1) is 11.8. The standard InChI is InChI=1S/C6H12FN2O3P.C4H10.2BF4/c7-8-1-4-9(5-2-8,6-3-8)13(10,11)12;1-3-4-2;2*2-1(3,4)5/h1-6H2;3-4H2,1-2H3;;/q;;2*-1/p+2. The van der Waals surface area contributed by atoms with Crippen molar-refractivity contribution < 1.29 is 62.3 Å². The molecular formula is C10H24B2F9N2O3P. The maximum Gasteiger partial charge on any atom is 0.673 e. The van der Waals surface area contributed by atoms with Crippen LogP contribution in [0.1, 0.15) is 26.7 Å². The highest BCUT2D eigenvalue weighted by Crippen LogP contribution is 2.51. The Hall–Kier alpha value is -0.430. The van der Waals surface area contributed by atoms with E-state index < -0.39 is 27.0 Å². The topological polar surface area (TPSA) is 57.5 Å². The number of hydrogen-bond donors (Lipinski definition) is 2. The average molecular weight is 444 g/mol. The summed E-state index contributed by atoms with van der Waals surface area (Å²) < 4.78 is 102. The minimum Gasteiger partial charge on any atom is -0.418 e. The Morgan fingerprint density at radius 3 is 1.11 bits per heavy atom. The Balaban J connectivity index is 0. The van der Waals surface area contributed by atoms with Crippen molar-refractivity contribution in [2.24, 2.45) is 0 Å². The van der Waals surface area contributed by atoms with E-state index in [-0.39, 0.29) is 43.5 Å². The number of rotatable bonds is 2. The molecule has 3 aliphatic heterocycles. The molecule has 3 saturated heterocycles. The lowest BCUT2D eigenvalue weighted by atomic mass is 10.2. The molecule has 0 aliphatic carbocycles. The van der Waals surface area contributed by atoms with Gasteiger partial charge in [-0.05, 0) is 4.48 Å². The van der Waals surface area contributed by atoms with Crippen molar-refractivity contribution in [2.45, 2.75) is 26.7 Å². The highest BCUT2D eigenvalue weighted by molar-refractivity contribution is 7.45. The van der Waals surface area contributed by atoms with Crippen molar-refractivity contribution in [1.82, 2.24) is 0 Å². The van der Waals surface area contributed by atoms with E-state index in [0.717, 1.165) is 0 Å². The maximum absolute atomic E-state index is 13.6. The summed E-state index contributed by atoms with van der Waals surface area (Å²) in [6.45, 7) is 5.88. The van der Waals surface area contributed by atoms with Crippen LogP contribution in [0, 0.1) is 0 Å². The summed E-state index contributed by atoms with van der Waals surface area (Å²) in [4.78, 5) is 18.3. The third-order valence-electron chi connectivity index (χ3n) is 3.80. The van der Waals surface area contributed by atoms with Gasteiger partial charge in [-0.3, -0.25) is 9.79 Å². The molecule has 3 fully saturated rings. The number of nitrogens with zero attached hydrogens (tertiary/aromatic N) is 2. The van der Waals surface area contributed by atoms with E-state index in [1.165, 1.54) is 12.8 Å². The van der Waals surface area contributed by atoms with E-state index in [1.807, 2.05) is 0 Å². The van der Waals surface area contributed by atoms with Gasteiger partial charge >= 0.3 is 22.3 Å². The van der Waals surface area contributed by atoms with Gasteiger partial charge in [-0.15, -0.1) is 4.71 Å². The van der Waals surface area contributed by atoms with Crippen LogP contribution in [0.5, 0.6) is 0 Å². The third-order valence-corrected chi connectivity index (χ3v) is 5.51. The van der Waals surface area contributed by atoms with E-state index in [9.17, 15) is 43.6 Å². The quantitative estimate of drug-likeness (QED) is 0.293. The first-order valence-electron chi connectivity index (χ1n) is 8.01. The van der Waals surface area contributed by atoms with Crippen LogP contribution in [0.3, 0.4) is 0 Å². The van der Waals surface area contributed by atoms with Crippen LogP contribution in [0.4, 0.5) is 39.0 Å². The van der Waals surface area contributed by atoms with Crippen molar-refractivity contribution in [3.63, 3.8) is 0 Å². The number of halogens is 9. The second-order valence-corrected chi connectivity index (χ2v) is 7.84. The van der Waals surface area contributed by atoms with Crippen molar-refractivity contribution in [1.29, 1.82) is 0 Å². The lowest BCUT2D eigenvalue weighted by molar-refractivity contribution is -1.13. The molecule has 2 bridgehead atoms. The molecule has 17 heteroatoms. The van der Waals surface area contributed by atoms with Crippen molar-refractivity contribution in [2.75, 3.05) is 39.3 Å². The third kappa shape index (κ3) is 15.2. The fourth-order valence-electron chi connectivity index (χ4n) is 2.16. The van der Waals surface area contributed by atoms with E-state index in [1.54, 1.807) is 0 Å². The Labute approximate surface area is 151 Å². The molecule has 0 atom stereocenters. The first kappa shape index (κ1) is 28.8. The smallest absolute Gasteiger partial charge is 0.418 e. The van der Waals surface area contributed by atoms with Gasteiger partial charge in [0.25, 0.3) is 0 Å². The summed E-state index contributed by atoms with van der Waals surface area (Å²) in [6, 6.07) is 0. The van der Waals surface area contributed by atoms with E-state index >= 15 is 0 Å². The molecule has 0 saturated carbocycles. The SMILES string of the molecule is CCCC.F[B-](F)(F)F.F[B-](F)(F)F.O=P(O)(O)[N+]12CC[N+](F)(CC1)CC2. The average Bonchev–Trinajstić information content (AvgIpc) is 2.44. The summed E-state index contributed by atoms with van der Waals surface area (Å²) >= 11 is 0. The van der Waals surface area contributed by atoms with Gasteiger partial charge < -0.3 is 34.5 Å². The monoisotopic (exact) mass is 444 g/mol. The molecule has 0 aromatic heterocycles. The fraction of sp³-hybridized carbons (Fsp3) is 1.00. The number of fused-ring (bicyclic) bond motifs is 3. The lowest BCUT2D eigenvalue weighted by Gasteiger charge is -2.48. The van der Waals surface area contributed by atoms with Crippen molar-refractivity contribution >= 4 is 22.3 Å². The molecular weight excluding hydrogens is 420 g/mol. The molecule has 0 radical (unpaired) electrons. The maximum atomic E-state index is 13.6. The second-order valence-electron chi connectivity index (χ2n) is 5.97. The van der Waals surface area contributed by atoms with E-state index in [0.29, 0.717) is 0 Å². The van der Waals surface area contributed by atoms with Crippen LogP contribution in [0.2, 0.25) is 0 Å². The van der Waals surface area contributed by atoms with Crippen molar-refractivity contribution in [3.8, 4) is 0 Å². The van der Waals surface area contributed by atoms with Crippen LogP contribution in [-0.4, -0.2) is 72.5 Å². The van der Waals surface area contributed by atoms with E-state index in [4.69, 9.17) is 9.79 Å². The Bertz CT molecular complexity index is 425. The van der Waals surface area contributed by atoms with Gasteiger partial charge in [0.2, 0.25) is 0 Å². The van der Waals surface area contributed by atoms with Crippen LogP contribution in [0.15, 0.2) is 0 Å². The van der Waals surface area contributed by atoms with Gasteiger partial charge in [-0.25, -0.2) is 8.82 Å². The minimum atomic E-state index is -6.00. The molecule has 0 aromatic carbocycles. The molecule has 3 rings (SSSR count). The molecule has 2 N–H and O–H groups in total.